The molecule has 2 aromatic heterocycles. The third-order valence-electron chi connectivity index (χ3n) is 5.32. The molecular formula is C25H33N5O2S2. The fourth-order valence-corrected chi connectivity index (χ4v) is 5.35. The summed E-state index contributed by atoms with van der Waals surface area (Å²) in [6.45, 7) is 10.00. The Morgan fingerprint density at radius 1 is 1.15 bits per heavy atom. The Morgan fingerprint density at radius 3 is 2.47 bits per heavy atom. The second-order valence-electron chi connectivity index (χ2n) is 8.56. The van der Waals surface area contributed by atoms with Crippen LogP contribution in [0.2, 0.25) is 0 Å². The number of thiazole rings is 1. The Morgan fingerprint density at radius 2 is 1.85 bits per heavy atom. The number of benzene rings is 1. The summed E-state index contributed by atoms with van der Waals surface area (Å²) in [6.07, 6.45) is 6.49. The predicted octanol–water partition coefficient (Wildman–Crippen LogP) is 5.52. The molecule has 0 unspecified atom stereocenters. The van der Waals surface area contributed by atoms with E-state index in [9.17, 15) is 9.90 Å². The van der Waals surface area contributed by atoms with Gasteiger partial charge in [-0.2, -0.15) is 0 Å². The van der Waals surface area contributed by atoms with Crippen molar-refractivity contribution < 1.29 is 9.90 Å². The van der Waals surface area contributed by atoms with Crippen LogP contribution in [0.4, 0.5) is 11.6 Å². The molecular weight excluding hydrogens is 466 g/mol. The fourth-order valence-electron chi connectivity index (χ4n) is 3.12. The van der Waals surface area contributed by atoms with E-state index in [0.29, 0.717) is 19.0 Å². The maximum Gasteiger partial charge on any atom is 0.319 e. The summed E-state index contributed by atoms with van der Waals surface area (Å²) in [5, 5.41) is 14.8. The third kappa shape index (κ3) is 7.43. The molecule has 2 N–H and O–H groups in total. The number of anilines is 2. The summed E-state index contributed by atoms with van der Waals surface area (Å²) < 4.78 is -0.138. The van der Waals surface area contributed by atoms with Gasteiger partial charge in [0.05, 0.1) is 5.69 Å². The van der Waals surface area contributed by atoms with E-state index in [1.807, 2.05) is 17.8 Å². The summed E-state index contributed by atoms with van der Waals surface area (Å²) in [5.41, 5.74) is 4.36. The third-order valence-corrected chi connectivity index (χ3v) is 7.49. The molecule has 0 atom stereocenters. The first-order chi connectivity index (χ1) is 16.3. The van der Waals surface area contributed by atoms with Gasteiger partial charge in [0.25, 0.3) is 0 Å². The standard InChI is InChI=1S/C25H33N5O2S2/c1-5-12-26-20-9-7-19(8-10-20)16-30(23-27-14-18(6-2)15-28-23)13-11-21-17-33-24(29-21)34-25(3,4)22(31)32/h7-10,14-15,17,26H,5-6,11-13,16H2,1-4H3,(H,31,32). The average molecular weight is 500 g/mol. The van der Waals surface area contributed by atoms with Crippen molar-refractivity contribution in [2.75, 3.05) is 23.3 Å². The predicted molar refractivity (Wildman–Crippen MR) is 141 cm³/mol. The molecule has 0 radical (unpaired) electrons. The van der Waals surface area contributed by atoms with Gasteiger partial charge in [0.15, 0.2) is 4.34 Å². The molecule has 3 aromatic rings. The van der Waals surface area contributed by atoms with E-state index in [1.165, 1.54) is 28.7 Å². The maximum atomic E-state index is 11.4. The quantitative estimate of drug-likeness (QED) is 0.297. The molecule has 182 valence electrons. The topological polar surface area (TPSA) is 91.2 Å². The number of aliphatic carboxylic acids is 1. The van der Waals surface area contributed by atoms with Crippen LogP contribution in [-0.4, -0.2) is 43.9 Å². The highest BCUT2D eigenvalue weighted by molar-refractivity contribution is 8.02. The Hall–Kier alpha value is -2.65. The lowest BCUT2D eigenvalue weighted by Gasteiger charge is -2.23. The minimum atomic E-state index is -0.909. The second kappa shape index (κ2) is 12.2. The zero-order chi connectivity index (χ0) is 24.6. The molecule has 34 heavy (non-hydrogen) atoms. The summed E-state index contributed by atoms with van der Waals surface area (Å²) in [7, 11) is 0. The summed E-state index contributed by atoms with van der Waals surface area (Å²) in [4.78, 5) is 27.5. The number of nitrogens with one attached hydrogen (secondary N) is 1. The Balaban J connectivity index is 1.71. The highest BCUT2D eigenvalue weighted by Crippen LogP contribution is 2.34. The molecule has 0 aliphatic heterocycles. The lowest BCUT2D eigenvalue weighted by Crippen LogP contribution is -2.27. The lowest BCUT2D eigenvalue weighted by molar-refractivity contribution is -0.138. The molecule has 0 saturated carbocycles. The van der Waals surface area contributed by atoms with Crippen LogP contribution in [-0.2, 0) is 24.2 Å². The highest BCUT2D eigenvalue weighted by atomic mass is 32.2. The summed E-state index contributed by atoms with van der Waals surface area (Å²) in [6, 6.07) is 8.49. The van der Waals surface area contributed by atoms with Crippen LogP contribution in [0.25, 0.3) is 0 Å². The van der Waals surface area contributed by atoms with Crippen molar-refractivity contribution in [2.24, 2.45) is 0 Å². The van der Waals surface area contributed by atoms with Crippen molar-refractivity contribution in [2.45, 2.75) is 62.6 Å². The van der Waals surface area contributed by atoms with Gasteiger partial charge in [0.1, 0.15) is 4.75 Å². The van der Waals surface area contributed by atoms with E-state index in [-0.39, 0.29) is 0 Å². The smallest absolute Gasteiger partial charge is 0.319 e. The maximum absolute atomic E-state index is 11.4. The number of aryl methyl sites for hydroxylation is 1. The van der Waals surface area contributed by atoms with Gasteiger partial charge in [0, 0.05) is 49.5 Å². The molecule has 1 aromatic carbocycles. The van der Waals surface area contributed by atoms with Crippen LogP contribution in [0.5, 0.6) is 0 Å². The fraction of sp³-hybridized carbons (Fsp3) is 0.440. The molecule has 0 fully saturated rings. The molecule has 3 rings (SSSR count). The summed E-state index contributed by atoms with van der Waals surface area (Å²) in [5.74, 6) is -0.147. The number of hydrogen-bond donors (Lipinski definition) is 2. The van der Waals surface area contributed by atoms with Crippen molar-refractivity contribution >= 4 is 40.7 Å². The van der Waals surface area contributed by atoms with Crippen LogP contribution in [0.15, 0.2) is 46.4 Å². The number of thioether (sulfide) groups is 1. The van der Waals surface area contributed by atoms with Gasteiger partial charge in [0.2, 0.25) is 5.95 Å². The monoisotopic (exact) mass is 499 g/mol. The number of aromatic nitrogens is 3. The zero-order valence-corrected chi connectivity index (χ0v) is 21.9. The van der Waals surface area contributed by atoms with Crippen molar-refractivity contribution in [3.63, 3.8) is 0 Å². The first-order valence-corrected chi connectivity index (χ1v) is 13.3. The molecule has 0 bridgehead atoms. The van der Waals surface area contributed by atoms with Crippen molar-refractivity contribution in [3.8, 4) is 0 Å². The van der Waals surface area contributed by atoms with E-state index in [0.717, 1.165) is 47.1 Å². The number of carboxylic acid groups (broad SMARTS) is 1. The van der Waals surface area contributed by atoms with E-state index in [2.05, 4.69) is 63.3 Å². The molecule has 0 aliphatic rings. The minimum Gasteiger partial charge on any atom is -0.480 e. The molecule has 2 heterocycles. The number of rotatable bonds is 13. The van der Waals surface area contributed by atoms with Gasteiger partial charge in [-0.25, -0.2) is 15.0 Å². The normalized spacial score (nSPS) is 11.4. The van der Waals surface area contributed by atoms with Gasteiger partial charge in [-0.05, 0) is 49.9 Å². The van der Waals surface area contributed by atoms with Crippen LogP contribution >= 0.6 is 23.1 Å². The molecule has 9 heteroatoms. The molecule has 0 amide bonds. The van der Waals surface area contributed by atoms with Gasteiger partial charge in [-0.1, -0.05) is 37.7 Å². The van der Waals surface area contributed by atoms with E-state index < -0.39 is 10.7 Å². The van der Waals surface area contributed by atoms with E-state index >= 15 is 0 Å². The second-order valence-corrected chi connectivity index (χ2v) is 11.3. The van der Waals surface area contributed by atoms with Crippen LogP contribution < -0.4 is 10.2 Å². The van der Waals surface area contributed by atoms with Crippen LogP contribution in [0, 0.1) is 0 Å². The molecule has 0 saturated heterocycles. The van der Waals surface area contributed by atoms with Gasteiger partial charge >= 0.3 is 5.97 Å². The Bertz CT molecular complexity index is 1050. The number of carbonyl (C=O) groups is 1. The van der Waals surface area contributed by atoms with E-state index in [1.54, 1.807) is 13.8 Å². The Kier molecular flexibility index (Phi) is 9.29. The molecule has 0 aliphatic carbocycles. The largest absolute Gasteiger partial charge is 0.480 e. The van der Waals surface area contributed by atoms with Crippen LogP contribution in [0.3, 0.4) is 0 Å². The number of nitrogens with zero attached hydrogens (tertiary/aromatic N) is 4. The zero-order valence-electron chi connectivity index (χ0n) is 20.2. The molecule has 0 spiro atoms. The number of carboxylic acids is 1. The highest BCUT2D eigenvalue weighted by Gasteiger charge is 2.29. The Labute approximate surface area is 210 Å². The summed E-state index contributed by atoms with van der Waals surface area (Å²) >= 11 is 2.77. The van der Waals surface area contributed by atoms with Gasteiger partial charge in [-0.15, -0.1) is 11.3 Å². The van der Waals surface area contributed by atoms with Crippen molar-refractivity contribution in [3.05, 3.63) is 58.9 Å². The van der Waals surface area contributed by atoms with Crippen molar-refractivity contribution in [1.29, 1.82) is 0 Å². The first-order valence-electron chi connectivity index (χ1n) is 11.6. The SMILES string of the molecule is CCCNc1ccc(CN(CCc2csc(SC(C)(C)C(=O)O)n2)c2ncc(CC)cn2)cc1. The van der Waals surface area contributed by atoms with Crippen molar-refractivity contribution in [1.82, 2.24) is 15.0 Å². The first kappa shape index (κ1) is 26.0. The molecule has 7 nitrogen and oxygen atoms in total. The lowest BCUT2D eigenvalue weighted by atomic mass is 10.2. The van der Waals surface area contributed by atoms with Gasteiger partial charge < -0.3 is 15.3 Å². The average Bonchev–Trinajstić information content (AvgIpc) is 3.27. The van der Waals surface area contributed by atoms with Crippen LogP contribution in [0.1, 0.15) is 50.9 Å². The van der Waals surface area contributed by atoms with E-state index in [4.69, 9.17) is 0 Å². The minimum absolute atomic E-state index is 0.692. The van der Waals surface area contributed by atoms with Gasteiger partial charge in [-0.3, -0.25) is 4.79 Å². The number of hydrogen-bond acceptors (Lipinski definition) is 8.